The summed E-state index contributed by atoms with van der Waals surface area (Å²) in [6.45, 7) is 2.58. The SMILES string of the molecule is Cc1ccc(S(=O)(=O)NC2Cc3cccc4c3c(cn4CCC#N)C2)cc1. The third-order valence-corrected chi connectivity index (χ3v) is 6.66. The Bertz CT molecular complexity index is 1140. The average molecular weight is 379 g/mol. The molecule has 1 aliphatic carbocycles. The van der Waals surface area contributed by atoms with Crippen molar-refractivity contribution in [1.82, 2.24) is 9.29 Å². The van der Waals surface area contributed by atoms with Crippen LogP contribution in [0.4, 0.5) is 0 Å². The highest BCUT2D eigenvalue weighted by atomic mass is 32.2. The van der Waals surface area contributed by atoms with Crippen LogP contribution in [0, 0.1) is 18.3 Å². The zero-order chi connectivity index (χ0) is 19.0. The number of benzene rings is 2. The first-order chi connectivity index (χ1) is 13.0. The Morgan fingerprint density at radius 2 is 1.89 bits per heavy atom. The molecule has 0 aliphatic heterocycles. The molecule has 1 unspecified atom stereocenters. The topological polar surface area (TPSA) is 74.9 Å². The minimum atomic E-state index is -3.56. The van der Waals surface area contributed by atoms with Crippen molar-refractivity contribution in [3.8, 4) is 6.07 Å². The molecular weight excluding hydrogens is 358 g/mol. The lowest BCUT2D eigenvalue weighted by molar-refractivity contribution is 0.540. The molecule has 0 bridgehead atoms. The van der Waals surface area contributed by atoms with E-state index in [9.17, 15) is 8.42 Å². The first-order valence-electron chi connectivity index (χ1n) is 9.03. The number of rotatable bonds is 5. The van der Waals surface area contributed by atoms with Gasteiger partial charge in [-0.2, -0.15) is 5.26 Å². The highest BCUT2D eigenvalue weighted by molar-refractivity contribution is 7.89. The van der Waals surface area contributed by atoms with Crippen LogP contribution < -0.4 is 4.72 Å². The molecule has 1 aromatic heterocycles. The quantitative estimate of drug-likeness (QED) is 0.739. The number of nitrogens with one attached hydrogen (secondary N) is 1. The van der Waals surface area contributed by atoms with Gasteiger partial charge in [-0.1, -0.05) is 29.8 Å². The van der Waals surface area contributed by atoms with Gasteiger partial charge in [-0.05, 0) is 49.1 Å². The third-order valence-electron chi connectivity index (χ3n) is 5.12. The van der Waals surface area contributed by atoms with E-state index in [0.29, 0.717) is 30.7 Å². The highest BCUT2D eigenvalue weighted by Crippen LogP contribution is 2.32. The standard InChI is InChI=1S/C21H21N3O2S/c1-15-6-8-19(9-7-15)27(25,26)23-18-12-16-4-2-5-20-21(16)17(13-18)14-24(20)11-3-10-22/h2,4-9,14,18,23H,3,11-13H2,1H3. The zero-order valence-electron chi connectivity index (χ0n) is 15.1. The normalized spacial score (nSPS) is 16.4. The van der Waals surface area contributed by atoms with Crippen LogP contribution in [0.15, 0.2) is 53.6 Å². The lowest BCUT2D eigenvalue weighted by Crippen LogP contribution is -2.39. The van der Waals surface area contributed by atoms with Gasteiger partial charge in [-0.25, -0.2) is 13.1 Å². The molecular formula is C21H21N3O2S. The van der Waals surface area contributed by atoms with Gasteiger partial charge >= 0.3 is 0 Å². The summed E-state index contributed by atoms with van der Waals surface area (Å²) < 4.78 is 30.5. The zero-order valence-corrected chi connectivity index (χ0v) is 16.0. The van der Waals surface area contributed by atoms with Crippen molar-refractivity contribution in [2.24, 2.45) is 0 Å². The fourth-order valence-electron chi connectivity index (χ4n) is 3.89. The second-order valence-corrected chi connectivity index (χ2v) is 8.82. The fourth-order valence-corrected chi connectivity index (χ4v) is 5.13. The van der Waals surface area contributed by atoms with Crippen LogP contribution in [-0.2, 0) is 29.4 Å². The van der Waals surface area contributed by atoms with Crippen molar-refractivity contribution < 1.29 is 8.42 Å². The Balaban J connectivity index is 1.62. The molecule has 6 heteroatoms. The molecule has 1 N–H and O–H groups in total. The minimum Gasteiger partial charge on any atom is -0.346 e. The number of hydrogen-bond acceptors (Lipinski definition) is 3. The summed E-state index contributed by atoms with van der Waals surface area (Å²) >= 11 is 0. The first-order valence-corrected chi connectivity index (χ1v) is 10.5. The molecule has 3 aromatic rings. The molecule has 27 heavy (non-hydrogen) atoms. The number of hydrogen-bond donors (Lipinski definition) is 1. The largest absolute Gasteiger partial charge is 0.346 e. The molecule has 0 spiro atoms. The molecule has 0 saturated carbocycles. The van der Waals surface area contributed by atoms with Gasteiger partial charge in [-0.15, -0.1) is 0 Å². The van der Waals surface area contributed by atoms with Crippen molar-refractivity contribution in [3.05, 3.63) is 65.4 Å². The molecule has 0 amide bonds. The smallest absolute Gasteiger partial charge is 0.240 e. The van der Waals surface area contributed by atoms with E-state index in [4.69, 9.17) is 5.26 Å². The van der Waals surface area contributed by atoms with E-state index in [0.717, 1.165) is 22.2 Å². The van der Waals surface area contributed by atoms with E-state index in [-0.39, 0.29) is 6.04 Å². The van der Waals surface area contributed by atoms with Crippen LogP contribution in [-0.4, -0.2) is 19.0 Å². The van der Waals surface area contributed by atoms with Crippen molar-refractivity contribution in [2.45, 2.75) is 43.7 Å². The van der Waals surface area contributed by atoms with Crippen LogP contribution in [0.2, 0.25) is 0 Å². The van der Waals surface area contributed by atoms with Gasteiger partial charge in [0.25, 0.3) is 0 Å². The molecule has 5 nitrogen and oxygen atoms in total. The average Bonchev–Trinajstić information content (AvgIpc) is 2.99. The Labute approximate surface area is 159 Å². The Morgan fingerprint density at radius 1 is 1.15 bits per heavy atom. The van der Waals surface area contributed by atoms with E-state index in [2.05, 4.69) is 33.7 Å². The van der Waals surface area contributed by atoms with Crippen molar-refractivity contribution in [3.63, 3.8) is 0 Å². The summed E-state index contributed by atoms with van der Waals surface area (Å²) in [5.74, 6) is 0. The van der Waals surface area contributed by atoms with Crippen LogP contribution in [0.1, 0.15) is 23.1 Å². The van der Waals surface area contributed by atoms with Crippen LogP contribution in [0.3, 0.4) is 0 Å². The molecule has 2 aromatic carbocycles. The molecule has 0 saturated heterocycles. The summed E-state index contributed by atoms with van der Waals surface area (Å²) in [6, 6.07) is 15.0. The van der Waals surface area contributed by atoms with Gasteiger partial charge in [-0.3, -0.25) is 0 Å². The van der Waals surface area contributed by atoms with Gasteiger partial charge in [0.05, 0.1) is 17.4 Å². The number of nitrogens with zero attached hydrogens (tertiary/aromatic N) is 2. The first kappa shape index (κ1) is 17.8. The molecule has 0 radical (unpaired) electrons. The number of aryl methyl sites for hydroxylation is 2. The van der Waals surface area contributed by atoms with E-state index in [1.807, 2.05) is 25.1 Å². The number of aromatic nitrogens is 1. The van der Waals surface area contributed by atoms with Crippen LogP contribution in [0.5, 0.6) is 0 Å². The summed E-state index contributed by atoms with van der Waals surface area (Å²) in [6.07, 6.45) is 3.84. The highest BCUT2D eigenvalue weighted by Gasteiger charge is 2.27. The third kappa shape index (κ3) is 3.36. The van der Waals surface area contributed by atoms with Crippen LogP contribution >= 0.6 is 0 Å². The van der Waals surface area contributed by atoms with Gasteiger partial charge in [0.2, 0.25) is 10.0 Å². The molecule has 1 aliphatic rings. The van der Waals surface area contributed by atoms with Crippen molar-refractivity contribution in [1.29, 1.82) is 5.26 Å². The second-order valence-electron chi connectivity index (χ2n) is 7.11. The second kappa shape index (κ2) is 6.84. The Morgan fingerprint density at radius 3 is 2.63 bits per heavy atom. The van der Waals surface area contributed by atoms with E-state index in [1.54, 1.807) is 12.1 Å². The van der Waals surface area contributed by atoms with Gasteiger partial charge in [0, 0.05) is 29.7 Å². The summed E-state index contributed by atoms with van der Waals surface area (Å²) in [7, 11) is -3.56. The van der Waals surface area contributed by atoms with Gasteiger partial charge in [0.1, 0.15) is 0 Å². The van der Waals surface area contributed by atoms with Gasteiger partial charge in [0.15, 0.2) is 0 Å². The maximum absolute atomic E-state index is 12.8. The summed E-state index contributed by atoms with van der Waals surface area (Å²) in [5, 5.41) is 10.1. The monoisotopic (exact) mass is 379 g/mol. The molecule has 0 fully saturated rings. The predicted molar refractivity (Wildman–Crippen MR) is 105 cm³/mol. The van der Waals surface area contributed by atoms with E-state index < -0.39 is 10.0 Å². The summed E-state index contributed by atoms with van der Waals surface area (Å²) in [4.78, 5) is 0.295. The molecule has 1 heterocycles. The Hall–Kier alpha value is -2.62. The van der Waals surface area contributed by atoms with Gasteiger partial charge < -0.3 is 4.57 Å². The maximum Gasteiger partial charge on any atom is 0.240 e. The molecule has 1 atom stereocenters. The predicted octanol–water partition coefficient (Wildman–Crippen LogP) is 3.31. The fraction of sp³-hybridized carbons (Fsp3) is 0.286. The number of sulfonamides is 1. The van der Waals surface area contributed by atoms with E-state index >= 15 is 0 Å². The summed E-state index contributed by atoms with van der Waals surface area (Å²) in [5.41, 5.74) is 4.45. The van der Waals surface area contributed by atoms with Crippen molar-refractivity contribution >= 4 is 20.9 Å². The van der Waals surface area contributed by atoms with E-state index in [1.165, 1.54) is 5.39 Å². The molecule has 4 rings (SSSR count). The minimum absolute atomic E-state index is 0.179. The lowest BCUT2D eigenvalue weighted by Gasteiger charge is -2.23. The van der Waals surface area contributed by atoms with Crippen molar-refractivity contribution in [2.75, 3.05) is 0 Å². The molecule has 138 valence electrons. The maximum atomic E-state index is 12.8. The van der Waals surface area contributed by atoms with Crippen LogP contribution in [0.25, 0.3) is 10.9 Å². The Kier molecular flexibility index (Phi) is 4.50. The lowest BCUT2D eigenvalue weighted by atomic mass is 9.90. The number of nitriles is 1.